The maximum Gasteiger partial charge on any atom is 0.359 e. The lowest BCUT2D eigenvalue weighted by atomic mass is 9.95. The van der Waals surface area contributed by atoms with Crippen molar-refractivity contribution < 1.29 is 24.0 Å². The smallest absolute Gasteiger partial charge is 0.359 e. The molecular formula is C21H18N2O6S. The highest BCUT2D eigenvalue weighted by molar-refractivity contribution is 8.03. The molecule has 0 saturated carbocycles. The van der Waals surface area contributed by atoms with Crippen molar-refractivity contribution in [3.63, 3.8) is 0 Å². The minimum atomic E-state index is -0.669. The molecule has 2 heterocycles. The summed E-state index contributed by atoms with van der Waals surface area (Å²) in [6, 6.07) is 14.8. The zero-order chi connectivity index (χ0) is 21.3. The predicted octanol–water partition coefficient (Wildman–Crippen LogP) is 3.83. The number of rotatable bonds is 7. The van der Waals surface area contributed by atoms with Gasteiger partial charge in [-0.2, -0.15) is 0 Å². The fourth-order valence-corrected chi connectivity index (χ4v) is 4.76. The number of nitro groups is 1. The number of β-lactam (4-membered cyclic amide) rings is 1. The summed E-state index contributed by atoms with van der Waals surface area (Å²) in [5.41, 5.74) is 0.660. The molecule has 0 aliphatic carbocycles. The van der Waals surface area contributed by atoms with Crippen LogP contribution in [0.15, 0.2) is 65.4 Å². The van der Waals surface area contributed by atoms with Crippen molar-refractivity contribution in [1.82, 2.24) is 4.90 Å². The summed E-state index contributed by atoms with van der Waals surface area (Å²) in [5, 5.41) is 10.9. The van der Waals surface area contributed by atoms with Crippen molar-refractivity contribution in [2.24, 2.45) is 5.92 Å². The van der Waals surface area contributed by atoms with E-state index in [1.165, 1.54) is 40.9 Å². The first kappa shape index (κ1) is 20.0. The second-order valence-corrected chi connectivity index (χ2v) is 7.87. The Bertz CT molecular complexity index is 1020. The van der Waals surface area contributed by atoms with E-state index >= 15 is 0 Å². The van der Waals surface area contributed by atoms with Crippen molar-refractivity contribution >= 4 is 29.3 Å². The largest absolute Gasteiger partial charge is 0.456 e. The predicted molar refractivity (Wildman–Crippen MR) is 109 cm³/mol. The Labute approximate surface area is 176 Å². The molecule has 2 aromatic rings. The van der Waals surface area contributed by atoms with Crippen LogP contribution in [0.5, 0.6) is 5.75 Å². The van der Waals surface area contributed by atoms with Gasteiger partial charge in [0.15, 0.2) is 10.8 Å². The zero-order valence-corrected chi connectivity index (χ0v) is 16.8. The number of ether oxygens (including phenoxy) is 2. The SMILES string of the molecule is CCC1C(=O)N2C(C(=O)OCc3ccc([N+](=O)[O-])cc3)=C(Oc3ccccc3)SC12. The summed E-state index contributed by atoms with van der Waals surface area (Å²) in [6.07, 6.45) is 0.677. The van der Waals surface area contributed by atoms with Gasteiger partial charge in [-0.3, -0.25) is 19.8 Å². The highest BCUT2D eigenvalue weighted by Crippen LogP contribution is 2.50. The van der Waals surface area contributed by atoms with Gasteiger partial charge in [0.2, 0.25) is 5.91 Å². The molecule has 0 spiro atoms. The number of nitrogens with zero attached hydrogens (tertiary/aromatic N) is 2. The van der Waals surface area contributed by atoms with E-state index < -0.39 is 10.9 Å². The standard InChI is InChI=1S/C21H18N2O6S/c1-2-16-18(24)22-17(21(30-19(16)22)29-15-6-4-3-5-7-15)20(25)28-12-13-8-10-14(11-9-13)23(26)27/h3-11,16,19H,2,12H2,1H3. The van der Waals surface area contributed by atoms with E-state index in [1.807, 2.05) is 25.1 Å². The maximum atomic E-state index is 12.8. The number of non-ortho nitro benzene ring substituents is 1. The van der Waals surface area contributed by atoms with E-state index in [1.54, 1.807) is 12.1 Å². The summed E-state index contributed by atoms with van der Waals surface area (Å²) in [6.45, 7) is 1.86. The Morgan fingerprint density at radius 1 is 1.17 bits per heavy atom. The molecular weight excluding hydrogens is 408 g/mol. The van der Waals surface area contributed by atoms with Crippen LogP contribution in [0.25, 0.3) is 0 Å². The number of fused-ring (bicyclic) bond motifs is 1. The minimum Gasteiger partial charge on any atom is -0.456 e. The van der Waals surface area contributed by atoms with Crippen LogP contribution in [0.3, 0.4) is 0 Å². The first-order valence-corrected chi connectivity index (χ1v) is 10.2. The number of benzene rings is 2. The van der Waals surface area contributed by atoms with Crippen molar-refractivity contribution in [3.05, 3.63) is 81.1 Å². The van der Waals surface area contributed by atoms with E-state index in [2.05, 4.69) is 0 Å². The number of carbonyl (C=O) groups excluding carboxylic acids is 2. The van der Waals surface area contributed by atoms with E-state index in [-0.39, 0.29) is 35.2 Å². The Morgan fingerprint density at radius 2 is 1.87 bits per heavy atom. The molecule has 0 N–H and O–H groups in total. The number of hydrogen-bond donors (Lipinski definition) is 0. The summed E-state index contributed by atoms with van der Waals surface area (Å²) in [4.78, 5) is 37.1. The average molecular weight is 426 g/mol. The van der Waals surface area contributed by atoms with Gasteiger partial charge in [-0.25, -0.2) is 4.79 Å². The number of hydrogen-bond acceptors (Lipinski definition) is 7. The van der Waals surface area contributed by atoms with E-state index in [9.17, 15) is 19.7 Å². The van der Waals surface area contributed by atoms with Gasteiger partial charge in [-0.05, 0) is 36.2 Å². The second kappa shape index (κ2) is 8.19. The molecule has 9 heteroatoms. The molecule has 2 atom stereocenters. The van der Waals surface area contributed by atoms with E-state index in [4.69, 9.17) is 9.47 Å². The van der Waals surface area contributed by atoms with Crippen molar-refractivity contribution in [2.75, 3.05) is 0 Å². The van der Waals surface area contributed by atoms with Crippen LogP contribution in [-0.2, 0) is 20.9 Å². The molecule has 2 aliphatic heterocycles. The van der Waals surface area contributed by atoms with Crippen LogP contribution in [-0.4, -0.2) is 27.1 Å². The average Bonchev–Trinajstić information content (AvgIpc) is 3.08. The van der Waals surface area contributed by atoms with Gasteiger partial charge in [0.25, 0.3) is 5.69 Å². The van der Waals surface area contributed by atoms with Gasteiger partial charge >= 0.3 is 5.97 Å². The van der Waals surface area contributed by atoms with Crippen molar-refractivity contribution in [2.45, 2.75) is 25.3 Å². The minimum absolute atomic E-state index is 0.0434. The van der Waals surface area contributed by atoms with Crippen LogP contribution >= 0.6 is 11.8 Å². The van der Waals surface area contributed by atoms with Crippen LogP contribution < -0.4 is 4.74 Å². The van der Waals surface area contributed by atoms with Crippen LogP contribution in [0, 0.1) is 16.0 Å². The topological polar surface area (TPSA) is 99.0 Å². The number of carbonyl (C=O) groups is 2. The maximum absolute atomic E-state index is 12.8. The summed E-state index contributed by atoms with van der Waals surface area (Å²) >= 11 is 1.34. The molecule has 1 fully saturated rings. The lowest BCUT2D eigenvalue weighted by Crippen LogP contribution is -2.57. The molecule has 2 aromatic carbocycles. The van der Waals surface area contributed by atoms with Gasteiger partial charge in [0.05, 0.1) is 10.8 Å². The third-order valence-electron chi connectivity index (χ3n) is 4.92. The lowest BCUT2D eigenvalue weighted by Gasteiger charge is -2.41. The summed E-state index contributed by atoms with van der Waals surface area (Å²) in [5.74, 6) is -0.394. The molecule has 154 valence electrons. The molecule has 1 saturated heterocycles. The Kier molecular flexibility index (Phi) is 5.45. The van der Waals surface area contributed by atoms with Gasteiger partial charge < -0.3 is 9.47 Å². The first-order chi connectivity index (χ1) is 14.5. The summed E-state index contributed by atoms with van der Waals surface area (Å²) < 4.78 is 11.3. The third-order valence-corrected chi connectivity index (χ3v) is 6.19. The van der Waals surface area contributed by atoms with Crippen LogP contribution in [0.2, 0.25) is 0 Å². The van der Waals surface area contributed by atoms with Gasteiger partial charge in [-0.15, -0.1) is 0 Å². The van der Waals surface area contributed by atoms with E-state index in [0.717, 1.165) is 0 Å². The second-order valence-electron chi connectivity index (χ2n) is 6.78. The number of para-hydroxylation sites is 1. The van der Waals surface area contributed by atoms with Gasteiger partial charge in [0, 0.05) is 12.1 Å². The first-order valence-electron chi connectivity index (χ1n) is 9.37. The van der Waals surface area contributed by atoms with Gasteiger partial charge in [-0.1, -0.05) is 36.9 Å². The quantitative estimate of drug-likeness (QED) is 0.287. The molecule has 4 rings (SSSR count). The molecule has 0 radical (unpaired) electrons. The molecule has 0 bridgehead atoms. The molecule has 0 aromatic heterocycles. The molecule has 8 nitrogen and oxygen atoms in total. The zero-order valence-electron chi connectivity index (χ0n) is 16.0. The Hall–Kier alpha value is -3.33. The number of esters is 1. The lowest BCUT2D eigenvalue weighted by molar-refractivity contribution is -0.384. The fraction of sp³-hybridized carbons (Fsp3) is 0.238. The van der Waals surface area contributed by atoms with Crippen LogP contribution in [0.1, 0.15) is 18.9 Å². The Balaban J connectivity index is 1.52. The van der Waals surface area contributed by atoms with Crippen molar-refractivity contribution in [1.29, 1.82) is 0 Å². The molecule has 1 amide bonds. The van der Waals surface area contributed by atoms with E-state index in [0.29, 0.717) is 22.8 Å². The fourth-order valence-electron chi connectivity index (χ4n) is 3.32. The monoisotopic (exact) mass is 426 g/mol. The highest BCUT2D eigenvalue weighted by atomic mass is 32.2. The molecule has 2 unspecified atom stereocenters. The molecule has 30 heavy (non-hydrogen) atoms. The Morgan fingerprint density at radius 3 is 2.50 bits per heavy atom. The highest BCUT2D eigenvalue weighted by Gasteiger charge is 2.56. The number of nitro benzene ring substituents is 1. The number of thioether (sulfide) groups is 1. The van der Waals surface area contributed by atoms with Gasteiger partial charge in [0.1, 0.15) is 17.7 Å². The number of amides is 1. The van der Waals surface area contributed by atoms with Crippen molar-refractivity contribution in [3.8, 4) is 5.75 Å². The normalized spacial score (nSPS) is 19.9. The van der Waals surface area contributed by atoms with Crippen LogP contribution in [0.4, 0.5) is 5.69 Å². The summed E-state index contributed by atoms with van der Waals surface area (Å²) in [7, 11) is 0. The third kappa shape index (κ3) is 3.63. The molecule has 2 aliphatic rings.